The first kappa shape index (κ1) is 16.9. The molecule has 1 N–H and O–H groups in total. The molecule has 26 heavy (non-hydrogen) atoms. The second-order valence-electron chi connectivity index (χ2n) is 6.14. The monoisotopic (exact) mass is 382 g/mol. The lowest BCUT2D eigenvalue weighted by molar-refractivity contribution is 0.0954. The minimum Gasteiger partial charge on any atom is -0.352 e. The highest BCUT2D eigenvalue weighted by molar-refractivity contribution is 7.15. The molecule has 0 atom stereocenters. The lowest BCUT2D eigenvalue weighted by Gasteiger charge is -2.07. The van der Waals surface area contributed by atoms with Gasteiger partial charge in [-0.1, -0.05) is 12.1 Å². The smallest absolute Gasteiger partial charge is 0.251 e. The van der Waals surface area contributed by atoms with Crippen molar-refractivity contribution in [2.75, 3.05) is 6.54 Å². The molecular formula is C19H18N4OS2. The van der Waals surface area contributed by atoms with E-state index in [2.05, 4.69) is 20.8 Å². The van der Waals surface area contributed by atoms with E-state index in [4.69, 9.17) is 0 Å². The third-order valence-corrected chi connectivity index (χ3v) is 6.06. The first-order valence-corrected chi connectivity index (χ1v) is 10.1. The van der Waals surface area contributed by atoms with Crippen LogP contribution in [0.5, 0.6) is 0 Å². The largest absolute Gasteiger partial charge is 0.352 e. The molecule has 132 valence electrons. The van der Waals surface area contributed by atoms with Crippen molar-refractivity contribution in [3.63, 3.8) is 0 Å². The number of aromatic nitrogens is 3. The van der Waals surface area contributed by atoms with Gasteiger partial charge in [-0.15, -0.1) is 27.8 Å². The van der Waals surface area contributed by atoms with Gasteiger partial charge in [-0.05, 0) is 48.6 Å². The van der Waals surface area contributed by atoms with E-state index in [1.165, 1.54) is 5.56 Å². The maximum absolute atomic E-state index is 12.3. The van der Waals surface area contributed by atoms with Crippen molar-refractivity contribution in [3.05, 3.63) is 63.5 Å². The van der Waals surface area contributed by atoms with Crippen molar-refractivity contribution in [3.8, 4) is 10.7 Å². The van der Waals surface area contributed by atoms with E-state index < -0.39 is 0 Å². The van der Waals surface area contributed by atoms with Crippen LogP contribution in [0.4, 0.5) is 0 Å². The zero-order chi connectivity index (χ0) is 18.1. The van der Waals surface area contributed by atoms with Gasteiger partial charge in [0.25, 0.3) is 5.91 Å². The van der Waals surface area contributed by atoms with Gasteiger partial charge in [-0.25, -0.2) is 4.52 Å². The summed E-state index contributed by atoms with van der Waals surface area (Å²) < 4.78 is 1.88. The van der Waals surface area contributed by atoms with Crippen LogP contribution in [0.15, 0.2) is 41.1 Å². The molecule has 7 heteroatoms. The number of fused-ring (bicyclic) bond motifs is 1. The van der Waals surface area contributed by atoms with E-state index in [0.29, 0.717) is 18.5 Å². The summed E-state index contributed by atoms with van der Waals surface area (Å²) in [6, 6.07) is 9.80. The number of aryl methyl sites for hydroxylation is 2. The number of carbonyl (C=O) groups is 1. The molecule has 0 saturated carbocycles. The Morgan fingerprint density at radius 1 is 1.19 bits per heavy atom. The van der Waals surface area contributed by atoms with Crippen LogP contribution in [0.3, 0.4) is 0 Å². The number of hydrogen-bond acceptors (Lipinski definition) is 5. The zero-order valence-electron chi connectivity index (χ0n) is 14.5. The summed E-state index contributed by atoms with van der Waals surface area (Å²) in [6.07, 6.45) is 0.712. The summed E-state index contributed by atoms with van der Waals surface area (Å²) in [5.41, 5.74) is 4.07. The molecule has 5 nitrogen and oxygen atoms in total. The lowest BCUT2D eigenvalue weighted by atomic mass is 10.1. The van der Waals surface area contributed by atoms with Gasteiger partial charge in [-0.2, -0.15) is 4.98 Å². The van der Waals surface area contributed by atoms with E-state index in [0.717, 1.165) is 26.9 Å². The van der Waals surface area contributed by atoms with Gasteiger partial charge in [0.1, 0.15) is 0 Å². The Hall–Kier alpha value is -2.51. The molecule has 0 unspecified atom stereocenters. The fraction of sp³-hybridized carbons (Fsp3) is 0.211. The van der Waals surface area contributed by atoms with E-state index in [1.54, 1.807) is 22.7 Å². The minimum absolute atomic E-state index is 0.0440. The Balaban J connectivity index is 1.43. The summed E-state index contributed by atoms with van der Waals surface area (Å²) >= 11 is 3.20. The van der Waals surface area contributed by atoms with Crippen molar-refractivity contribution >= 4 is 33.5 Å². The predicted molar refractivity (Wildman–Crippen MR) is 106 cm³/mol. The van der Waals surface area contributed by atoms with Crippen LogP contribution in [0, 0.1) is 13.8 Å². The van der Waals surface area contributed by atoms with E-state index in [9.17, 15) is 4.79 Å². The van der Waals surface area contributed by atoms with Gasteiger partial charge < -0.3 is 5.32 Å². The van der Waals surface area contributed by atoms with Crippen LogP contribution in [0.2, 0.25) is 0 Å². The molecule has 0 bridgehead atoms. The highest BCUT2D eigenvalue weighted by Crippen LogP contribution is 2.24. The molecule has 0 radical (unpaired) electrons. The molecule has 0 aliphatic rings. The van der Waals surface area contributed by atoms with Crippen molar-refractivity contribution < 1.29 is 4.79 Å². The molecule has 0 aliphatic heterocycles. The molecule has 1 amide bonds. The zero-order valence-corrected chi connectivity index (χ0v) is 16.2. The topological polar surface area (TPSA) is 59.3 Å². The molecule has 0 aliphatic carbocycles. The van der Waals surface area contributed by atoms with Crippen LogP contribution >= 0.6 is 22.7 Å². The van der Waals surface area contributed by atoms with E-state index in [-0.39, 0.29) is 5.91 Å². The Morgan fingerprint density at radius 3 is 2.85 bits per heavy atom. The number of thiazole rings is 1. The minimum atomic E-state index is -0.0440. The van der Waals surface area contributed by atoms with Crippen molar-refractivity contribution in [1.82, 2.24) is 19.9 Å². The first-order chi connectivity index (χ1) is 12.6. The third-order valence-electron chi connectivity index (χ3n) is 4.33. The SMILES string of the molecule is Cc1ccc(C(=O)NCCc2csc3nc(-c4cccs4)nn23)cc1C. The highest BCUT2D eigenvalue weighted by atomic mass is 32.1. The van der Waals surface area contributed by atoms with E-state index >= 15 is 0 Å². The Morgan fingerprint density at radius 2 is 2.08 bits per heavy atom. The normalized spacial score (nSPS) is 11.2. The summed E-state index contributed by atoms with van der Waals surface area (Å²) in [5, 5.41) is 11.7. The van der Waals surface area contributed by atoms with Crippen LogP contribution in [0.1, 0.15) is 27.2 Å². The van der Waals surface area contributed by atoms with Crippen molar-refractivity contribution in [1.29, 1.82) is 0 Å². The average molecular weight is 383 g/mol. The molecule has 0 fully saturated rings. The van der Waals surface area contributed by atoms with Gasteiger partial charge in [0.15, 0.2) is 5.82 Å². The maximum atomic E-state index is 12.3. The Kier molecular flexibility index (Phi) is 4.57. The molecule has 0 spiro atoms. The van der Waals surface area contributed by atoms with Crippen molar-refractivity contribution in [2.45, 2.75) is 20.3 Å². The number of benzene rings is 1. The first-order valence-electron chi connectivity index (χ1n) is 8.34. The standard InChI is InChI=1S/C19H18N4OS2/c1-12-5-6-14(10-13(12)2)18(24)20-8-7-15-11-26-19-21-17(22-23(15)19)16-4-3-9-25-16/h3-6,9-11H,7-8H2,1-2H3,(H,20,24). The molecular weight excluding hydrogens is 364 g/mol. The number of carbonyl (C=O) groups excluding carboxylic acids is 1. The van der Waals surface area contributed by atoms with Gasteiger partial charge in [0.2, 0.25) is 4.96 Å². The quantitative estimate of drug-likeness (QED) is 0.565. The number of nitrogens with zero attached hydrogens (tertiary/aromatic N) is 3. The summed E-state index contributed by atoms with van der Waals surface area (Å²) in [6.45, 7) is 4.62. The molecule has 4 aromatic rings. The number of hydrogen-bond donors (Lipinski definition) is 1. The second-order valence-corrected chi connectivity index (χ2v) is 7.92. The van der Waals surface area contributed by atoms with Gasteiger partial charge in [0.05, 0.1) is 10.6 Å². The fourth-order valence-electron chi connectivity index (χ4n) is 2.70. The average Bonchev–Trinajstić information content (AvgIpc) is 3.34. The number of amides is 1. The Bertz CT molecular complexity index is 1060. The molecule has 3 heterocycles. The van der Waals surface area contributed by atoms with Crippen LogP contribution in [-0.4, -0.2) is 27.0 Å². The number of thiophene rings is 1. The van der Waals surface area contributed by atoms with Gasteiger partial charge in [-0.3, -0.25) is 4.79 Å². The number of rotatable bonds is 5. The van der Waals surface area contributed by atoms with E-state index in [1.807, 2.05) is 54.1 Å². The predicted octanol–water partition coefficient (Wildman–Crippen LogP) is 4.11. The second kappa shape index (κ2) is 7.01. The van der Waals surface area contributed by atoms with Crippen LogP contribution in [0.25, 0.3) is 15.7 Å². The summed E-state index contributed by atoms with van der Waals surface area (Å²) in [5.74, 6) is 0.713. The lowest BCUT2D eigenvalue weighted by Crippen LogP contribution is -2.26. The number of nitrogens with one attached hydrogen (secondary N) is 1. The van der Waals surface area contributed by atoms with Crippen LogP contribution in [-0.2, 0) is 6.42 Å². The maximum Gasteiger partial charge on any atom is 0.251 e. The fourth-order valence-corrected chi connectivity index (χ4v) is 4.20. The molecule has 1 aromatic carbocycles. The summed E-state index contributed by atoms with van der Waals surface area (Å²) in [7, 11) is 0. The van der Waals surface area contributed by atoms with Crippen molar-refractivity contribution in [2.24, 2.45) is 0 Å². The highest BCUT2D eigenvalue weighted by Gasteiger charge is 2.12. The molecule has 3 aromatic heterocycles. The van der Waals surface area contributed by atoms with Crippen LogP contribution < -0.4 is 5.32 Å². The molecule has 0 saturated heterocycles. The molecule has 4 rings (SSSR count). The third kappa shape index (κ3) is 3.27. The Labute approximate surface area is 159 Å². The summed E-state index contributed by atoms with van der Waals surface area (Å²) in [4.78, 5) is 18.8. The van der Waals surface area contributed by atoms with Gasteiger partial charge >= 0.3 is 0 Å². The van der Waals surface area contributed by atoms with Gasteiger partial charge in [0, 0.05) is 23.9 Å².